The van der Waals surface area contributed by atoms with E-state index in [-0.39, 0.29) is 11.9 Å². The Labute approximate surface area is 122 Å². The molecular weight excluding hydrogens is 250 g/mol. The van der Waals surface area contributed by atoms with Crippen molar-refractivity contribution in [2.24, 2.45) is 23.2 Å². The molecular formula is C17H27NO2. The van der Waals surface area contributed by atoms with Gasteiger partial charge >= 0.3 is 5.97 Å². The molecule has 4 rings (SSSR count). The van der Waals surface area contributed by atoms with E-state index in [2.05, 4.69) is 24.8 Å². The zero-order valence-electron chi connectivity index (χ0n) is 13.0. The van der Waals surface area contributed by atoms with Crippen molar-refractivity contribution in [1.29, 1.82) is 0 Å². The molecule has 112 valence electrons. The molecule has 0 aromatic heterocycles. The summed E-state index contributed by atoms with van der Waals surface area (Å²) >= 11 is 0. The van der Waals surface area contributed by atoms with Crippen LogP contribution >= 0.6 is 0 Å². The molecule has 2 fully saturated rings. The van der Waals surface area contributed by atoms with Crippen LogP contribution in [0.2, 0.25) is 0 Å². The quantitative estimate of drug-likeness (QED) is 0.587. The van der Waals surface area contributed by atoms with Crippen molar-refractivity contribution in [2.75, 3.05) is 26.7 Å². The second-order valence-electron chi connectivity index (χ2n) is 7.39. The Kier molecular flexibility index (Phi) is 3.65. The summed E-state index contributed by atoms with van der Waals surface area (Å²) in [5.41, 5.74) is 2.18. The van der Waals surface area contributed by atoms with Crippen LogP contribution in [-0.2, 0) is 9.53 Å². The molecule has 2 bridgehead atoms. The van der Waals surface area contributed by atoms with E-state index < -0.39 is 0 Å². The smallest absolute Gasteiger partial charge is 0.308 e. The van der Waals surface area contributed by atoms with Crippen molar-refractivity contribution in [2.45, 2.75) is 39.5 Å². The van der Waals surface area contributed by atoms with Crippen LogP contribution in [0.1, 0.15) is 39.5 Å². The number of likely N-dealkylation sites (tertiary alicyclic amines) is 1. The number of fused-ring (bicyclic) bond motifs is 1. The average Bonchev–Trinajstić information content (AvgIpc) is 2.47. The molecule has 1 saturated heterocycles. The maximum absolute atomic E-state index is 11.6. The fourth-order valence-corrected chi connectivity index (χ4v) is 4.41. The highest BCUT2D eigenvalue weighted by Crippen LogP contribution is 2.59. The zero-order valence-corrected chi connectivity index (χ0v) is 13.0. The summed E-state index contributed by atoms with van der Waals surface area (Å²) in [7, 11) is 1.50. The number of methoxy groups -OCH3 is 1. The molecule has 3 heteroatoms. The van der Waals surface area contributed by atoms with Gasteiger partial charge < -0.3 is 4.74 Å². The third kappa shape index (κ3) is 2.30. The lowest BCUT2D eigenvalue weighted by Crippen LogP contribution is -2.50. The lowest BCUT2D eigenvalue weighted by molar-refractivity contribution is -0.147. The van der Waals surface area contributed by atoms with E-state index in [0.29, 0.717) is 5.41 Å². The van der Waals surface area contributed by atoms with Gasteiger partial charge in [0.2, 0.25) is 0 Å². The van der Waals surface area contributed by atoms with Gasteiger partial charge in [-0.05, 0) is 56.0 Å². The normalized spacial score (nSPS) is 33.2. The summed E-state index contributed by atoms with van der Waals surface area (Å²) < 4.78 is 4.86. The first-order valence-corrected chi connectivity index (χ1v) is 8.01. The average molecular weight is 277 g/mol. The van der Waals surface area contributed by atoms with Crippen molar-refractivity contribution in [3.05, 3.63) is 11.6 Å². The number of rotatable bonds is 3. The van der Waals surface area contributed by atoms with Crippen LogP contribution in [-0.4, -0.2) is 37.6 Å². The highest BCUT2D eigenvalue weighted by Gasteiger charge is 2.51. The largest absolute Gasteiger partial charge is 0.469 e. The van der Waals surface area contributed by atoms with E-state index in [1.807, 2.05) is 0 Å². The van der Waals surface area contributed by atoms with Crippen LogP contribution in [0.15, 0.2) is 11.6 Å². The minimum atomic E-state index is -0.0236. The number of allylic oxidation sites excluding steroid dienone is 1. The summed E-state index contributed by atoms with van der Waals surface area (Å²) in [5.74, 6) is 1.83. The van der Waals surface area contributed by atoms with Crippen molar-refractivity contribution in [3.8, 4) is 0 Å². The molecule has 3 aliphatic carbocycles. The van der Waals surface area contributed by atoms with Crippen LogP contribution in [0.4, 0.5) is 0 Å². The topological polar surface area (TPSA) is 29.5 Å². The van der Waals surface area contributed by atoms with Gasteiger partial charge in [0, 0.05) is 6.54 Å². The molecule has 0 amide bonds. The van der Waals surface area contributed by atoms with Gasteiger partial charge in [-0.15, -0.1) is 0 Å². The standard InChI is InChI=1S/C17H27NO2/c1-17(2)14-5-4-13(15(17)10-14)11-18-8-6-12(7-9-18)16(19)20-3/h4,12,14-15H,5-11H2,1-3H3/t14-,15-/m1/s1. The molecule has 0 aromatic carbocycles. The number of carbonyl (C=O) groups is 1. The lowest BCUT2D eigenvalue weighted by Gasteiger charge is -2.57. The predicted molar refractivity (Wildman–Crippen MR) is 79.3 cm³/mol. The Hall–Kier alpha value is -0.830. The van der Waals surface area contributed by atoms with Crippen molar-refractivity contribution in [1.82, 2.24) is 4.90 Å². The van der Waals surface area contributed by atoms with E-state index in [1.54, 1.807) is 5.57 Å². The predicted octanol–water partition coefficient (Wildman–Crippen LogP) is 2.86. The van der Waals surface area contributed by atoms with Crippen LogP contribution in [0.25, 0.3) is 0 Å². The number of ether oxygens (including phenoxy) is 1. The summed E-state index contributed by atoms with van der Waals surface area (Å²) in [6, 6.07) is 0. The molecule has 1 heterocycles. The van der Waals surface area contributed by atoms with Gasteiger partial charge in [0.05, 0.1) is 13.0 Å². The maximum atomic E-state index is 11.6. The highest BCUT2D eigenvalue weighted by atomic mass is 16.5. The summed E-state index contributed by atoms with van der Waals surface area (Å²) in [4.78, 5) is 14.1. The number of piperidine rings is 1. The minimum absolute atomic E-state index is 0.0236. The lowest BCUT2D eigenvalue weighted by atomic mass is 9.49. The Bertz CT molecular complexity index is 419. The monoisotopic (exact) mass is 277 g/mol. The summed E-state index contributed by atoms with van der Waals surface area (Å²) in [6.45, 7) is 8.06. The van der Waals surface area contributed by atoms with E-state index in [1.165, 1.54) is 20.0 Å². The van der Waals surface area contributed by atoms with Crippen molar-refractivity contribution >= 4 is 5.97 Å². The number of esters is 1. The number of hydrogen-bond acceptors (Lipinski definition) is 3. The zero-order chi connectivity index (χ0) is 14.3. The molecule has 0 aromatic rings. The molecule has 3 nitrogen and oxygen atoms in total. The molecule has 20 heavy (non-hydrogen) atoms. The number of hydrogen-bond donors (Lipinski definition) is 0. The van der Waals surface area contributed by atoms with E-state index in [4.69, 9.17) is 4.74 Å². The van der Waals surface area contributed by atoms with Gasteiger partial charge in [-0.1, -0.05) is 25.5 Å². The molecule has 1 aliphatic heterocycles. The first-order valence-electron chi connectivity index (χ1n) is 8.01. The van der Waals surface area contributed by atoms with Crippen LogP contribution in [0.5, 0.6) is 0 Å². The van der Waals surface area contributed by atoms with Crippen LogP contribution in [0.3, 0.4) is 0 Å². The van der Waals surface area contributed by atoms with Gasteiger partial charge in [0.1, 0.15) is 0 Å². The van der Waals surface area contributed by atoms with Crippen molar-refractivity contribution in [3.63, 3.8) is 0 Å². The molecule has 2 atom stereocenters. The van der Waals surface area contributed by atoms with Crippen molar-refractivity contribution < 1.29 is 9.53 Å². The molecule has 0 spiro atoms. The van der Waals surface area contributed by atoms with E-state index in [9.17, 15) is 4.79 Å². The molecule has 0 unspecified atom stereocenters. The SMILES string of the molecule is COC(=O)C1CCN(CC2=CC[C@@H]3C[C@H]2C3(C)C)CC1. The Morgan fingerprint density at radius 3 is 2.65 bits per heavy atom. The fourth-order valence-electron chi connectivity index (χ4n) is 4.41. The fraction of sp³-hybridized carbons (Fsp3) is 0.824. The van der Waals surface area contributed by atoms with Crippen LogP contribution in [0, 0.1) is 23.2 Å². The summed E-state index contributed by atoms with van der Waals surface area (Å²) in [5, 5.41) is 0. The third-order valence-corrected chi connectivity index (χ3v) is 6.11. The number of nitrogens with zero attached hydrogens (tertiary/aromatic N) is 1. The van der Waals surface area contributed by atoms with E-state index in [0.717, 1.165) is 44.3 Å². The summed E-state index contributed by atoms with van der Waals surface area (Å²) in [6.07, 6.45) is 7.08. The van der Waals surface area contributed by atoms with Gasteiger partial charge in [-0.2, -0.15) is 0 Å². The minimum Gasteiger partial charge on any atom is -0.469 e. The van der Waals surface area contributed by atoms with E-state index >= 15 is 0 Å². The Balaban J connectivity index is 1.53. The van der Waals surface area contributed by atoms with Gasteiger partial charge in [0.15, 0.2) is 0 Å². The second-order valence-corrected chi connectivity index (χ2v) is 7.39. The molecule has 0 N–H and O–H groups in total. The van der Waals surface area contributed by atoms with Gasteiger partial charge in [-0.3, -0.25) is 9.69 Å². The molecule has 0 radical (unpaired) electrons. The first kappa shape index (κ1) is 14.1. The number of carbonyl (C=O) groups excluding carboxylic acids is 1. The third-order valence-electron chi connectivity index (χ3n) is 6.11. The highest BCUT2D eigenvalue weighted by molar-refractivity contribution is 5.72. The molecule has 4 aliphatic rings. The van der Waals surface area contributed by atoms with Gasteiger partial charge in [0.25, 0.3) is 0 Å². The molecule has 1 saturated carbocycles. The van der Waals surface area contributed by atoms with Gasteiger partial charge in [-0.25, -0.2) is 0 Å². The Morgan fingerprint density at radius 2 is 2.10 bits per heavy atom. The Morgan fingerprint density at radius 1 is 1.40 bits per heavy atom. The second kappa shape index (κ2) is 5.18. The first-order chi connectivity index (χ1) is 9.52. The van der Waals surface area contributed by atoms with Crippen LogP contribution < -0.4 is 0 Å². The maximum Gasteiger partial charge on any atom is 0.308 e.